The Balaban J connectivity index is 1.88. The van der Waals surface area contributed by atoms with E-state index in [-0.39, 0.29) is 11.7 Å². The van der Waals surface area contributed by atoms with Crippen molar-refractivity contribution in [2.24, 2.45) is 0 Å². The Hall–Kier alpha value is -2.61. The molecule has 0 saturated carbocycles. The molecule has 3 rings (SSSR count). The average Bonchev–Trinajstić information content (AvgIpc) is 3.09. The number of carbonyl (C=O) groups is 1. The van der Waals surface area contributed by atoms with E-state index < -0.39 is 0 Å². The van der Waals surface area contributed by atoms with Crippen molar-refractivity contribution in [3.8, 4) is 5.69 Å². The first-order chi connectivity index (χ1) is 10.1. The number of nitrogens with zero attached hydrogens (tertiary/aromatic N) is 4. The molecule has 1 amide bonds. The summed E-state index contributed by atoms with van der Waals surface area (Å²) in [6, 6.07) is 5.79. The van der Waals surface area contributed by atoms with Crippen molar-refractivity contribution < 1.29 is 9.18 Å². The molecule has 3 aromatic rings. The minimum Gasteiger partial charge on any atom is -0.295 e. The molecule has 0 aliphatic rings. The van der Waals surface area contributed by atoms with Crippen LogP contribution in [0, 0.1) is 12.7 Å². The van der Waals surface area contributed by atoms with Gasteiger partial charge in [0.15, 0.2) is 0 Å². The lowest BCUT2D eigenvalue weighted by Crippen LogP contribution is -2.16. The first-order valence-electron chi connectivity index (χ1n) is 6.03. The molecule has 0 atom stereocenters. The minimum atomic E-state index is -0.354. The normalized spacial score (nSPS) is 10.6. The van der Waals surface area contributed by atoms with Crippen molar-refractivity contribution in [3.05, 3.63) is 53.3 Å². The predicted molar refractivity (Wildman–Crippen MR) is 76.1 cm³/mol. The van der Waals surface area contributed by atoms with Gasteiger partial charge in [0.1, 0.15) is 16.5 Å². The third-order valence-electron chi connectivity index (χ3n) is 2.72. The molecule has 0 unspecified atom stereocenters. The number of hydrogen-bond acceptors (Lipinski definition) is 5. The Labute approximate surface area is 123 Å². The molecule has 21 heavy (non-hydrogen) atoms. The quantitative estimate of drug-likeness (QED) is 0.806. The fourth-order valence-corrected chi connectivity index (χ4v) is 2.37. The summed E-state index contributed by atoms with van der Waals surface area (Å²) < 4.78 is 14.5. The Morgan fingerprint density at radius 1 is 1.29 bits per heavy atom. The molecule has 8 heteroatoms. The van der Waals surface area contributed by atoms with Crippen LogP contribution >= 0.6 is 11.3 Å². The zero-order valence-corrected chi connectivity index (χ0v) is 11.8. The number of anilines is 1. The molecule has 0 saturated heterocycles. The highest BCUT2D eigenvalue weighted by molar-refractivity contribution is 7.15. The van der Waals surface area contributed by atoms with Crippen molar-refractivity contribution in [2.75, 3.05) is 5.32 Å². The van der Waals surface area contributed by atoms with Crippen LogP contribution in [0.5, 0.6) is 0 Å². The van der Waals surface area contributed by atoms with Gasteiger partial charge >= 0.3 is 0 Å². The van der Waals surface area contributed by atoms with Crippen molar-refractivity contribution in [1.29, 1.82) is 0 Å². The summed E-state index contributed by atoms with van der Waals surface area (Å²) >= 11 is 1.28. The number of aryl methyl sites for hydroxylation is 1. The van der Waals surface area contributed by atoms with Gasteiger partial charge in [0.25, 0.3) is 5.91 Å². The number of imidazole rings is 1. The largest absolute Gasteiger partial charge is 0.295 e. The van der Waals surface area contributed by atoms with Crippen LogP contribution in [0.1, 0.15) is 15.5 Å². The molecule has 1 N–H and O–H groups in total. The van der Waals surface area contributed by atoms with E-state index in [9.17, 15) is 9.18 Å². The second-order valence-electron chi connectivity index (χ2n) is 4.21. The van der Waals surface area contributed by atoms with E-state index in [4.69, 9.17) is 0 Å². The molecular weight excluding hydrogens is 293 g/mol. The highest BCUT2D eigenvalue weighted by Crippen LogP contribution is 2.17. The molecular formula is C13H10FN5OS. The lowest BCUT2D eigenvalue weighted by molar-refractivity contribution is 0.102. The Morgan fingerprint density at radius 3 is 2.71 bits per heavy atom. The second-order valence-corrected chi connectivity index (χ2v) is 5.39. The average molecular weight is 303 g/mol. The third-order valence-corrected chi connectivity index (χ3v) is 3.48. The van der Waals surface area contributed by atoms with Gasteiger partial charge in [0.05, 0.1) is 12.5 Å². The smallest absolute Gasteiger partial charge is 0.276 e. The van der Waals surface area contributed by atoms with E-state index >= 15 is 0 Å². The van der Waals surface area contributed by atoms with Gasteiger partial charge in [-0.1, -0.05) is 11.3 Å². The molecule has 0 fully saturated rings. The number of hydrogen-bond donors (Lipinski definition) is 1. The number of benzene rings is 1. The summed E-state index contributed by atoms with van der Waals surface area (Å²) in [5, 5.41) is 11.5. The van der Waals surface area contributed by atoms with Gasteiger partial charge in [-0.05, 0) is 31.2 Å². The lowest BCUT2D eigenvalue weighted by Gasteiger charge is -2.07. The van der Waals surface area contributed by atoms with Gasteiger partial charge in [-0.15, -0.1) is 10.2 Å². The topological polar surface area (TPSA) is 72.7 Å². The molecule has 106 valence electrons. The number of carbonyl (C=O) groups excluding carboxylic acids is 1. The Kier molecular flexibility index (Phi) is 3.44. The highest BCUT2D eigenvalue weighted by atomic mass is 32.1. The summed E-state index contributed by atoms with van der Waals surface area (Å²) in [5.74, 6) is -0.692. The van der Waals surface area contributed by atoms with Gasteiger partial charge in [-0.25, -0.2) is 9.37 Å². The summed E-state index contributed by atoms with van der Waals surface area (Å²) in [7, 11) is 0. The Bertz CT molecular complexity index is 780. The molecule has 0 spiro atoms. The molecule has 0 radical (unpaired) electrons. The van der Waals surface area contributed by atoms with Crippen molar-refractivity contribution in [2.45, 2.75) is 6.92 Å². The van der Waals surface area contributed by atoms with Gasteiger partial charge in [0, 0.05) is 5.69 Å². The standard InChI is InChI=1S/C13H10FN5OS/c1-8-17-18-13(21-8)16-12(20)11-6-15-7-19(11)10-4-2-9(14)3-5-10/h2-7H,1H3,(H,16,18,20). The maximum atomic E-state index is 13.0. The SMILES string of the molecule is Cc1nnc(NC(=O)c2cncn2-c2ccc(F)cc2)s1. The highest BCUT2D eigenvalue weighted by Gasteiger charge is 2.15. The molecule has 0 bridgehead atoms. The lowest BCUT2D eigenvalue weighted by atomic mass is 10.3. The van der Waals surface area contributed by atoms with Crippen LogP contribution in [0.3, 0.4) is 0 Å². The van der Waals surface area contributed by atoms with Crippen LogP contribution in [0.25, 0.3) is 5.69 Å². The van der Waals surface area contributed by atoms with Crippen molar-refractivity contribution in [3.63, 3.8) is 0 Å². The fraction of sp³-hybridized carbons (Fsp3) is 0.0769. The molecule has 0 aliphatic heterocycles. The molecule has 2 aromatic heterocycles. The van der Waals surface area contributed by atoms with E-state index in [0.29, 0.717) is 16.5 Å². The molecule has 6 nitrogen and oxygen atoms in total. The van der Waals surface area contributed by atoms with Gasteiger partial charge in [-0.3, -0.25) is 14.7 Å². The molecule has 2 heterocycles. The molecule has 0 aliphatic carbocycles. The number of rotatable bonds is 3. The Morgan fingerprint density at radius 2 is 2.05 bits per heavy atom. The van der Waals surface area contributed by atoms with E-state index in [1.807, 2.05) is 0 Å². The first kappa shape index (κ1) is 13.4. The van der Waals surface area contributed by atoms with Crippen molar-refractivity contribution >= 4 is 22.4 Å². The fourth-order valence-electron chi connectivity index (χ4n) is 1.78. The van der Waals surface area contributed by atoms with Crippen LogP contribution in [0.2, 0.25) is 0 Å². The zero-order chi connectivity index (χ0) is 14.8. The van der Waals surface area contributed by atoms with Gasteiger partial charge in [0.2, 0.25) is 5.13 Å². The van der Waals surface area contributed by atoms with Crippen LogP contribution in [-0.2, 0) is 0 Å². The summed E-state index contributed by atoms with van der Waals surface area (Å²) in [6.45, 7) is 1.80. The van der Waals surface area contributed by atoms with E-state index in [1.54, 1.807) is 23.6 Å². The van der Waals surface area contributed by atoms with Crippen molar-refractivity contribution in [1.82, 2.24) is 19.7 Å². The van der Waals surface area contributed by atoms with Gasteiger partial charge in [-0.2, -0.15) is 0 Å². The maximum absolute atomic E-state index is 13.0. The number of aromatic nitrogens is 4. The number of nitrogens with one attached hydrogen (secondary N) is 1. The summed E-state index contributed by atoms with van der Waals surface area (Å²) in [4.78, 5) is 16.2. The number of amides is 1. The van der Waals surface area contributed by atoms with E-state index in [0.717, 1.165) is 5.01 Å². The predicted octanol–water partition coefficient (Wildman–Crippen LogP) is 2.42. The third kappa shape index (κ3) is 2.79. The van der Waals surface area contributed by atoms with E-state index in [1.165, 1.54) is 36.0 Å². The van der Waals surface area contributed by atoms with Gasteiger partial charge < -0.3 is 0 Å². The monoisotopic (exact) mass is 303 g/mol. The van der Waals surface area contributed by atoms with Crippen LogP contribution in [0.15, 0.2) is 36.8 Å². The van der Waals surface area contributed by atoms with E-state index in [2.05, 4.69) is 20.5 Å². The first-order valence-corrected chi connectivity index (χ1v) is 6.85. The zero-order valence-electron chi connectivity index (χ0n) is 10.9. The second kappa shape index (κ2) is 5.41. The van der Waals surface area contributed by atoms with Crippen LogP contribution in [0.4, 0.5) is 9.52 Å². The van der Waals surface area contributed by atoms with Crippen LogP contribution in [-0.4, -0.2) is 25.7 Å². The maximum Gasteiger partial charge on any atom is 0.276 e. The summed E-state index contributed by atoms with van der Waals surface area (Å²) in [6.07, 6.45) is 2.93. The molecule has 1 aromatic carbocycles. The summed E-state index contributed by atoms with van der Waals surface area (Å²) in [5.41, 5.74) is 0.974. The van der Waals surface area contributed by atoms with Crippen LogP contribution < -0.4 is 5.32 Å². The number of halogens is 1. The minimum absolute atomic E-state index is 0.328.